The third kappa shape index (κ3) is 4.85. The number of rotatable bonds is 5. The molecular weight excluding hydrogens is 377 g/mol. The van der Waals surface area contributed by atoms with Gasteiger partial charge >= 0.3 is 0 Å². The van der Waals surface area contributed by atoms with E-state index in [4.69, 9.17) is 22.7 Å². The molecule has 1 amide bonds. The minimum Gasteiger partial charge on any atom is -0.389 e. The fourth-order valence-corrected chi connectivity index (χ4v) is 3.50. The summed E-state index contributed by atoms with van der Waals surface area (Å²) in [7, 11) is 0. The second-order valence-electron chi connectivity index (χ2n) is 7.07. The lowest BCUT2D eigenvalue weighted by Gasteiger charge is -2.37. The van der Waals surface area contributed by atoms with Crippen molar-refractivity contribution < 1.29 is 13.9 Å². The van der Waals surface area contributed by atoms with Crippen LogP contribution in [0.2, 0.25) is 0 Å². The number of benzene rings is 2. The van der Waals surface area contributed by atoms with Crippen molar-refractivity contribution in [3.63, 3.8) is 0 Å². The molecule has 0 aliphatic carbocycles. The molecule has 0 saturated carbocycles. The van der Waals surface area contributed by atoms with E-state index in [1.807, 2.05) is 24.8 Å². The van der Waals surface area contributed by atoms with Gasteiger partial charge in [-0.05, 0) is 43.7 Å². The maximum atomic E-state index is 14.6. The van der Waals surface area contributed by atoms with Crippen molar-refractivity contribution in [1.29, 1.82) is 0 Å². The van der Waals surface area contributed by atoms with E-state index in [-0.39, 0.29) is 35.5 Å². The highest BCUT2D eigenvalue weighted by Crippen LogP contribution is 2.24. The van der Waals surface area contributed by atoms with Crippen molar-refractivity contribution in [1.82, 2.24) is 5.32 Å². The Hall–Kier alpha value is -2.51. The molecule has 148 valence electrons. The number of nitrogens with one attached hydrogen (secondary N) is 1. The summed E-state index contributed by atoms with van der Waals surface area (Å²) < 4.78 is 20.3. The largest absolute Gasteiger partial charge is 0.389 e. The first-order valence-electron chi connectivity index (χ1n) is 9.20. The van der Waals surface area contributed by atoms with Crippen LogP contribution in [0.25, 0.3) is 0 Å². The summed E-state index contributed by atoms with van der Waals surface area (Å²) in [6, 6.07) is 11.8. The molecule has 3 rings (SSSR count). The van der Waals surface area contributed by atoms with Gasteiger partial charge in [-0.1, -0.05) is 30.4 Å². The van der Waals surface area contributed by atoms with Gasteiger partial charge in [0.15, 0.2) is 0 Å². The van der Waals surface area contributed by atoms with Crippen LogP contribution in [-0.4, -0.2) is 36.2 Å². The maximum Gasteiger partial charge on any atom is 0.251 e. The molecule has 0 bridgehead atoms. The molecule has 2 aromatic carbocycles. The minimum atomic E-state index is -0.297. The normalized spacial score (nSPS) is 19.3. The highest BCUT2D eigenvalue weighted by molar-refractivity contribution is 7.80. The van der Waals surface area contributed by atoms with Gasteiger partial charge in [0.1, 0.15) is 10.8 Å². The van der Waals surface area contributed by atoms with Crippen LogP contribution in [0, 0.1) is 5.82 Å². The zero-order chi connectivity index (χ0) is 20.3. The maximum absolute atomic E-state index is 14.6. The number of anilines is 1. The first-order chi connectivity index (χ1) is 13.3. The number of nitrogens with zero attached hydrogens (tertiary/aromatic N) is 1. The Morgan fingerprint density at radius 2 is 1.79 bits per heavy atom. The van der Waals surface area contributed by atoms with Crippen molar-refractivity contribution in [3.8, 4) is 0 Å². The van der Waals surface area contributed by atoms with Gasteiger partial charge in [0, 0.05) is 30.8 Å². The predicted octanol–water partition coefficient (Wildman–Crippen LogP) is 3.00. The van der Waals surface area contributed by atoms with Gasteiger partial charge in [-0.2, -0.15) is 0 Å². The number of halogens is 1. The lowest BCUT2D eigenvalue weighted by Crippen LogP contribution is -2.45. The second-order valence-corrected chi connectivity index (χ2v) is 7.51. The molecule has 0 unspecified atom stereocenters. The summed E-state index contributed by atoms with van der Waals surface area (Å²) in [5.74, 6) is -0.538. The van der Waals surface area contributed by atoms with Crippen LogP contribution in [-0.2, 0) is 11.3 Å². The average molecular weight is 402 g/mol. The number of thiocarbonyl (C=S) groups is 1. The second kappa shape index (κ2) is 8.67. The molecule has 2 atom stereocenters. The summed E-state index contributed by atoms with van der Waals surface area (Å²) in [5.41, 5.74) is 8.01. The van der Waals surface area contributed by atoms with E-state index in [2.05, 4.69) is 5.32 Å². The molecule has 1 saturated heterocycles. The summed E-state index contributed by atoms with van der Waals surface area (Å²) in [6.07, 6.45) is 0.115. The Balaban J connectivity index is 1.62. The molecule has 1 aliphatic rings. The molecule has 0 aromatic heterocycles. The quantitative estimate of drug-likeness (QED) is 0.754. The molecule has 7 heteroatoms. The molecule has 1 fully saturated rings. The molecule has 1 heterocycles. The van der Waals surface area contributed by atoms with Crippen LogP contribution in [0.1, 0.15) is 35.3 Å². The van der Waals surface area contributed by atoms with Gasteiger partial charge in [0.05, 0.1) is 17.9 Å². The van der Waals surface area contributed by atoms with Gasteiger partial charge in [-0.25, -0.2) is 4.39 Å². The van der Waals surface area contributed by atoms with Crippen LogP contribution in [0.15, 0.2) is 42.5 Å². The molecule has 2 aromatic rings. The summed E-state index contributed by atoms with van der Waals surface area (Å²) in [4.78, 5) is 14.6. The minimum absolute atomic E-state index is 0.0575. The zero-order valence-electron chi connectivity index (χ0n) is 15.9. The fourth-order valence-electron chi connectivity index (χ4n) is 3.36. The van der Waals surface area contributed by atoms with E-state index in [9.17, 15) is 9.18 Å². The number of nitrogens with two attached hydrogens (primary N) is 1. The first-order valence-corrected chi connectivity index (χ1v) is 9.61. The standard InChI is InChI=1S/C21H24FN3O2S/c1-13-11-25(12-14(2)27-13)19-8-3-15(9-18(19)22)10-24-21(26)17-6-4-16(5-7-17)20(23)28/h3-9,13-14H,10-12H2,1-2H3,(H2,23,28)(H,24,26)/t13-,14-/m1/s1. The van der Waals surface area contributed by atoms with E-state index in [0.717, 1.165) is 0 Å². The number of amides is 1. The van der Waals surface area contributed by atoms with E-state index in [1.54, 1.807) is 30.3 Å². The van der Waals surface area contributed by atoms with Crippen LogP contribution in [0.3, 0.4) is 0 Å². The van der Waals surface area contributed by atoms with Gasteiger partial charge in [-0.3, -0.25) is 4.79 Å². The van der Waals surface area contributed by atoms with Crippen LogP contribution >= 0.6 is 12.2 Å². The zero-order valence-corrected chi connectivity index (χ0v) is 16.8. The van der Waals surface area contributed by atoms with Crippen molar-refractivity contribution in [2.45, 2.75) is 32.6 Å². The molecule has 0 spiro atoms. The highest BCUT2D eigenvalue weighted by Gasteiger charge is 2.24. The summed E-state index contributed by atoms with van der Waals surface area (Å²) in [5, 5.41) is 2.80. The summed E-state index contributed by atoms with van der Waals surface area (Å²) >= 11 is 4.90. The Labute approximate surface area is 169 Å². The SMILES string of the molecule is C[C@@H]1CN(c2ccc(CNC(=O)c3ccc(C(N)=S)cc3)cc2F)C[C@@H](C)O1. The average Bonchev–Trinajstić information content (AvgIpc) is 2.65. The van der Waals surface area contributed by atoms with E-state index in [0.29, 0.717) is 35.5 Å². The van der Waals surface area contributed by atoms with Crippen molar-refractivity contribution in [2.75, 3.05) is 18.0 Å². The van der Waals surface area contributed by atoms with E-state index in [1.165, 1.54) is 6.07 Å². The third-order valence-corrected chi connectivity index (χ3v) is 4.89. The third-order valence-electron chi connectivity index (χ3n) is 4.66. The van der Waals surface area contributed by atoms with Gasteiger partial charge < -0.3 is 20.7 Å². The monoisotopic (exact) mass is 401 g/mol. The highest BCUT2D eigenvalue weighted by atomic mass is 32.1. The number of carbonyl (C=O) groups is 1. The molecule has 3 N–H and O–H groups in total. The molecular formula is C21H24FN3O2S. The van der Waals surface area contributed by atoms with Crippen molar-refractivity contribution >= 4 is 28.8 Å². The van der Waals surface area contributed by atoms with Gasteiger partial charge in [-0.15, -0.1) is 0 Å². The summed E-state index contributed by atoms with van der Waals surface area (Å²) in [6.45, 7) is 5.51. The van der Waals surface area contributed by atoms with Crippen LogP contribution in [0.5, 0.6) is 0 Å². The molecule has 5 nitrogen and oxygen atoms in total. The van der Waals surface area contributed by atoms with Crippen molar-refractivity contribution in [2.24, 2.45) is 5.73 Å². The Morgan fingerprint density at radius 3 is 2.36 bits per heavy atom. The van der Waals surface area contributed by atoms with Crippen LogP contribution in [0.4, 0.5) is 10.1 Å². The predicted molar refractivity (Wildman–Crippen MR) is 112 cm³/mol. The topological polar surface area (TPSA) is 67.6 Å². The van der Waals surface area contributed by atoms with Gasteiger partial charge in [0.25, 0.3) is 5.91 Å². The number of carbonyl (C=O) groups excluding carboxylic acids is 1. The fraction of sp³-hybridized carbons (Fsp3) is 0.333. The Bertz CT molecular complexity index is 862. The van der Waals surface area contributed by atoms with Gasteiger partial charge in [0.2, 0.25) is 0 Å². The Morgan fingerprint density at radius 1 is 1.18 bits per heavy atom. The molecule has 0 radical (unpaired) electrons. The molecule has 1 aliphatic heterocycles. The first kappa shape index (κ1) is 20.2. The lowest BCUT2D eigenvalue weighted by molar-refractivity contribution is -0.00539. The number of morpholine rings is 1. The lowest BCUT2D eigenvalue weighted by atomic mass is 10.1. The van der Waals surface area contributed by atoms with E-state index < -0.39 is 0 Å². The molecule has 28 heavy (non-hydrogen) atoms. The van der Waals surface area contributed by atoms with E-state index >= 15 is 0 Å². The smallest absolute Gasteiger partial charge is 0.251 e. The number of ether oxygens (including phenoxy) is 1. The number of hydrogen-bond acceptors (Lipinski definition) is 4. The number of hydrogen-bond donors (Lipinski definition) is 2. The Kier molecular flexibility index (Phi) is 6.26. The van der Waals surface area contributed by atoms with Crippen LogP contribution < -0.4 is 16.0 Å². The van der Waals surface area contributed by atoms with Crippen molar-refractivity contribution in [3.05, 3.63) is 65.0 Å².